The SMILES string of the molecule is COc1cc(Br)ccc1C(O)C(C)c1ccccn1. The number of methoxy groups -OCH3 is 1. The molecule has 2 rings (SSSR count). The summed E-state index contributed by atoms with van der Waals surface area (Å²) in [6.07, 6.45) is 1.08. The number of hydrogen-bond donors (Lipinski definition) is 1. The average Bonchev–Trinajstić information content (AvgIpc) is 2.46. The summed E-state index contributed by atoms with van der Waals surface area (Å²) in [5, 5.41) is 10.5. The van der Waals surface area contributed by atoms with Crippen LogP contribution < -0.4 is 4.74 Å². The van der Waals surface area contributed by atoms with Gasteiger partial charge in [0.25, 0.3) is 0 Å². The van der Waals surface area contributed by atoms with Gasteiger partial charge >= 0.3 is 0 Å². The first-order chi connectivity index (χ1) is 9.13. The maximum atomic E-state index is 10.5. The molecule has 2 unspecified atom stereocenters. The van der Waals surface area contributed by atoms with Gasteiger partial charge in [0.2, 0.25) is 0 Å². The lowest BCUT2D eigenvalue weighted by Crippen LogP contribution is -2.10. The molecule has 1 aromatic carbocycles. The first-order valence-electron chi connectivity index (χ1n) is 6.06. The number of hydrogen-bond acceptors (Lipinski definition) is 3. The largest absolute Gasteiger partial charge is 0.496 e. The Kier molecular flexibility index (Phi) is 4.56. The Bertz CT molecular complexity index is 545. The van der Waals surface area contributed by atoms with E-state index >= 15 is 0 Å². The van der Waals surface area contributed by atoms with Crippen molar-refractivity contribution >= 4 is 15.9 Å². The summed E-state index contributed by atoms with van der Waals surface area (Å²) in [4.78, 5) is 4.29. The van der Waals surface area contributed by atoms with Crippen LogP contribution in [0.3, 0.4) is 0 Å². The normalized spacial score (nSPS) is 13.9. The number of aliphatic hydroxyl groups is 1. The molecule has 0 fully saturated rings. The van der Waals surface area contributed by atoms with Gasteiger partial charge in [-0.3, -0.25) is 4.98 Å². The molecule has 2 aromatic rings. The van der Waals surface area contributed by atoms with Crippen molar-refractivity contribution in [2.75, 3.05) is 7.11 Å². The molecular formula is C15H16BrNO2. The predicted octanol–water partition coefficient (Wildman–Crippen LogP) is 3.69. The van der Waals surface area contributed by atoms with E-state index in [0.29, 0.717) is 5.75 Å². The molecule has 1 heterocycles. The number of nitrogens with zero attached hydrogens (tertiary/aromatic N) is 1. The Labute approximate surface area is 121 Å². The molecule has 0 saturated heterocycles. The van der Waals surface area contributed by atoms with E-state index in [4.69, 9.17) is 4.74 Å². The number of rotatable bonds is 4. The molecule has 0 radical (unpaired) electrons. The molecule has 0 spiro atoms. The van der Waals surface area contributed by atoms with Gasteiger partial charge in [-0.25, -0.2) is 0 Å². The number of aromatic nitrogens is 1. The molecular weight excluding hydrogens is 306 g/mol. The fourth-order valence-electron chi connectivity index (χ4n) is 2.01. The molecule has 0 saturated carbocycles. The Morgan fingerprint density at radius 2 is 2.05 bits per heavy atom. The van der Waals surface area contributed by atoms with Gasteiger partial charge in [-0.1, -0.05) is 35.0 Å². The number of ether oxygens (including phenoxy) is 1. The van der Waals surface area contributed by atoms with Crippen molar-refractivity contribution in [3.63, 3.8) is 0 Å². The smallest absolute Gasteiger partial charge is 0.125 e. The fraction of sp³-hybridized carbons (Fsp3) is 0.267. The van der Waals surface area contributed by atoms with Crippen molar-refractivity contribution < 1.29 is 9.84 Å². The topological polar surface area (TPSA) is 42.4 Å². The average molecular weight is 322 g/mol. The summed E-state index contributed by atoms with van der Waals surface area (Å²) < 4.78 is 6.24. The minimum Gasteiger partial charge on any atom is -0.496 e. The standard InChI is InChI=1S/C15H16BrNO2/c1-10(13-5-3-4-8-17-13)15(18)12-7-6-11(16)9-14(12)19-2/h3-10,15,18H,1-2H3. The van der Waals surface area contributed by atoms with E-state index in [-0.39, 0.29) is 5.92 Å². The van der Waals surface area contributed by atoms with Crippen molar-refractivity contribution in [3.8, 4) is 5.75 Å². The van der Waals surface area contributed by atoms with Crippen molar-refractivity contribution in [3.05, 3.63) is 58.3 Å². The van der Waals surface area contributed by atoms with E-state index in [9.17, 15) is 5.11 Å². The molecule has 0 aliphatic rings. The molecule has 0 amide bonds. The van der Waals surface area contributed by atoms with Gasteiger partial charge in [-0.05, 0) is 24.3 Å². The van der Waals surface area contributed by atoms with Gasteiger partial charge in [0.15, 0.2) is 0 Å². The van der Waals surface area contributed by atoms with E-state index in [0.717, 1.165) is 15.7 Å². The Hall–Kier alpha value is -1.39. The van der Waals surface area contributed by atoms with Crippen LogP contribution in [-0.4, -0.2) is 17.2 Å². The van der Waals surface area contributed by atoms with Crippen LogP contribution in [0, 0.1) is 0 Å². The number of benzene rings is 1. The molecule has 4 heteroatoms. The summed E-state index contributed by atoms with van der Waals surface area (Å²) in [7, 11) is 1.60. The third kappa shape index (κ3) is 3.14. The zero-order chi connectivity index (χ0) is 13.8. The zero-order valence-corrected chi connectivity index (χ0v) is 12.5. The van der Waals surface area contributed by atoms with E-state index in [1.54, 1.807) is 13.3 Å². The highest BCUT2D eigenvalue weighted by Gasteiger charge is 2.22. The van der Waals surface area contributed by atoms with Gasteiger partial charge < -0.3 is 9.84 Å². The van der Waals surface area contributed by atoms with Crippen molar-refractivity contribution in [1.29, 1.82) is 0 Å². The summed E-state index contributed by atoms with van der Waals surface area (Å²) in [5.41, 5.74) is 1.63. The van der Waals surface area contributed by atoms with Gasteiger partial charge in [0.05, 0.1) is 13.2 Å². The summed E-state index contributed by atoms with van der Waals surface area (Å²) in [6.45, 7) is 1.95. The summed E-state index contributed by atoms with van der Waals surface area (Å²) >= 11 is 3.39. The molecule has 19 heavy (non-hydrogen) atoms. The van der Waals surface area contributed by atoms with Gasteiger partial charge in [-0.2, -0.15) is 0 Å². The second-order valence-corrected chi connectivity index (χ2v) is 5.29. The molecule has 0 aliphatic carbocycles. The molecule has 0 bridgehead atoms. The van der Waals surface area contributed by atoms with Crippen LogP contribution in [0.15, 0.2) is 47.1 Å². The highest BCUT2D eigenvalue weighted by Crippen LogP contribution is 2.35. The van der Waals surface area contributed by atoms with Crippen LogP contribution in [0.5, 0.6) is 5.75 Å². The highest BCUT2D eigenvalue weighted by atomic mass is 79.9. The predicted molar refractivity (Wildman–Crippen MR) is 78.3 cm³/mol. The lowest BCUT2D eigenvalue weighted by atomic mass is 9.93. The van der Waals surface area contributed by atoms with E-state index in [2.05, 4.69) is 20.9 Å². The maximum Gasteiger partial charge on any atom is 0.125 e. The summed E-state index contributed by atoms with van der Waals surface area (Å²) in [5.74, 6) is 0.570. The number of pyridine rings is 1. The van der Waals surface area contributed by atoms with E-state index < -0.39 is 6.10 Å². The lowest BCUT2D eigenvalue weighted by molar-refractivity contribution is 0.146. The number of aliphatic hydroxyl groups excluding tert-OH is 1. The molecule has 1 aromatic heterocycles. The van der Waals surface area contributed by atoms with Gasteiger partial charge in [0, 0.05) is 27.8 Å². The van der Waals surface area contributed by atoms with E-state index in [1.807, 2.05) is 43.3 Å². The number of halogens is 1. The summed E-state index contributed by atoms with van der Waals surface area (Å²) in [6, 6.07) is 11.3. The third-order valence-electron chi connectivity index (χ3n) is 3.14. The van der Waals surface area contributed by atoms with E-state index in [1.165, 1.54) is 0 Å². The second kappa shape index (κ2) is 6.17. The van der Waals surface area contributed by atoms with Crippen LogP contribution in [0.1, 0.15) is 30.2 Å². The van der Waals surface area contributed by atoms with Crippen molar-refractivity contribution in [2.45, 2.75) is 18.9 Å². The zero-order valence-electron chi connectivity index (χ0n) is 10.9. The van der Waals surface area contributed by atoms with Crippen LogP contribution in [0.4, 0.5) is 0 Å². The quantitative estimate of drug-likeness (QED) is 0.933. The van der Waals surface area contributed by atoms with Crippen LogP contribution in [0.2, 0.25) is 0 Å². The van der Waals surface area contributed by atoms with Crippen LogP contribution in [-0.2, 0) is 0 Å². The monoisotopic (exact) mass is 321 g/mol. The Morgan fingerprint density at radius 3 is 2.68 bits per heavy atom. The Balaban J connectivity index is 2.31. The molecule has 3 nitrogen and oxygen atoms in total. The minimum atomic E-state index is -0.655. The van der Waals surface area contributed by atoms with Crippen LogP contribution in [0.25, 0.3) is 0 Å². The second-order valence-electron chi connectivity index (χ2n) is 4.37. The maximum absolute atomic E-state index is 10.5. The highest BCUT2D eigenvalue weighted by molar-refractivity contribution is 9.10. The third-order valence-corrected chi connectivity index (χ3v) is 3.64. The first-order valence-corrected chi connectivity index (χ1v) is 6.85. The van der Waals surface area contributed by atoms with Crippen molar-refractivity contribution in [2.24, 2.45) is 0 Å². The van der Waals surface area contributed by atoms with Crippen molar-refractivity contribution in [1.82, 2.24) is 4.98 Å². The molecule has 0 aliphatic heterocycles. The molecule has 2 atom stereocenters. The molecule has 1 N–H and O–H groups in total. The molecule has 100 valence electrons. The fourth-order valence-corrected chi connectivity index (χ4v) is 2.35. The Morgan fingerprint density at radius 1 is 1.26 bits per heavy atom. The van der Waals surface area contributed by atoms with Crippen LogP contribution >= 0.6 is 15.9 Å². The van der Waals surface area contributed by atoms with Gasteiger partial charge in [-0.15, -0.1) is 0 Å². The van der Waals surface area contributed by atoms with Gasteiger partial charge in [0.1, 0.15) is 5.75 Å². The minimum absolute atomic E-state index is 0.101. The first kappa shape index (κ1) is 14.0. The lowest BCUT2D eigenvalue weighted by Gasteiger charge is -2.21.